The molecule has 0 saturated heterocycles. The number of hydrogen-bond donors (Lipinski definition) is 5. The second-order valence-electron chi connectivity index (χ2n) is 13.2. The zero-order chi connectivity index (χ0) is 32.5. The third kappa shape index (κ3) is 5.90. The highest BCUT2D eigenvalue weighted by Gasteiger charge is 2.75. The van der Waals surface area contributed by atoms with E-state index in [1.807, 2.05) is 0 Å². The molecule has 13 heteroatoms. The Bertz CT molecular complexity index is 1210. The first-order valence-electron chi connectivity index (χ1n) is 15.4. The number of esters is 1. The van der Waals surface area contributed by atoms with Gasteiger partial charge >= 0.3 is 5.97 Å². The minimum Gasteiger partial charge on any atom is -0.457 e. The minimum absolute atomic E-state index is 0.00110. The number of fused-ring (bicyclic) bond motifs is 5. The summed E-state index contributed by atoms with van der Waals surface area (Å²) in [7, 11) is 0. The van der Waals surface area contributed by atoms with Crippen LogP contribution in [0.1, 0.15) is 78.6 Å². The van der Waals surface area contributed by atoms with Gasteiger partial charge in [-0.25, -0.2) is 4.39 Å². The maximum absolute atomic E-state index is 17.3. The molecule has 5 N–H and O–H groups in total. The van der Waals surface area contributed by atoms with Gasteiger partial charge in [0.2, 0.25) is 11.7 Å². The van der Waals surface area contributed by atoms with Crippen LogP contribution in [0.3, 0.4) is 0 Å². The average Bonchev–Trinajstić information content (AvgIpc) is 3.16. The summed E-state index contributed by atoms with van der Waals surface area (Å²) in [5.41, 5.74) is -5.74. The summed E-state index contributed by atoms with van der Waals surface area (Å²) in [5, 5.41) is 42.5. The Morgan fingerprint density at radius 1 is 1.14 bits per heavy atom. The number of aliphatic hydroxyl groups excluding tert-OH is 1. The van der Waals surface area contributed by atoms with E-state index in [0.717, 1.165) is 0 Å². The molecule has 12 nitrogen and oxygen atoms in total. The summed E-state index contributed by atoms with van der Waals surface area (Å²) in [6.07, 6.45) is 5.57. The van der Waals surface area contributed by atoms with Crippen molar-refractivity contribution in [1.82, 2.24) is 10.7 Å². The Morgan fingerprint density at radius 2 is 1.86 bits per heavy atom. The van der Waals surface area contributed by atoms with E-state index < -0.39 is 64.3 Å². The number of Topliss-reactive ketones (excluding diaryl/α,β-unsaturated/α-hetero) is 1. The summed E-state index contributed by atoms with van der Waals surface area (Å²) >= 11 is 0. The van der Waals surface area contributed by atoms with Gasteiger partial charge in [0.15, 0.2) is 18.1 Å². The lowest BCUT2D eigenvalue weighted by Crippen LogP contribution is -2.69. The van der Waals surface area contributed by atoms with Gasteiger partial charge in [0.1, 0.15) is 5.60 Å². The SMILES string of the molecule is C[C@H]1C[C@H]2[C@@H]3CCC4=CC(=O)C=C[C@]4(C)[C@@]3(F)[C@@H](O)C[C@]2(C)[C@@]1(O)C(=O)COC(=O)CCNC(=O)CCCCCON(O)O. The topological polar surface area (TPSA) is 183 Å². The molecule has 0 unspecified atom stereocenters. The average molecular weight is 625 g/mol. The van der Waals surface area contributed by atoms with E-state index in [1.165, 1.54) is 12.2 Å². The zero-order valence-corrected chi connectivity index (χ0v) is 25.6. The van der Waals surface area contributed by atoms with Crippen LogP contribution in [0.5, 0.6) is 0 Å². The maximum atomic E-state index is 17.3. The molecule has 4 aliphatic carbocycles. The molecule has 4 aliphatic rings. The summed E-state index contributed by atoms with van der Waals surface area (Å²) < 4.78 is 22.5. The highest BCUT2D eigenvalue weighted by molar-refractivity contribution is 6.01. The summed E-state index contributed by atoms with van der Waals surface area (Å²) in [6, 6.07) is 0. The van der Waals surface area contributed by atoms with Gasteiger partial charge in [-0.05, 0) is 69.4 Å². The summed E-state index contributed by atoms with van der Waals surface area (Å²) in [6.45, 7) is 4.55. The Kier molecular flexibility index (Phi) is 10.2. The lowest BCUT2D eigenvalue weighted by Gasteiger charge is -2.62. The fraction of sp³-hybridized carbons (Fsp3) is 0.742. The van der Waals surface area contributed by atoms with E-state index in [0.29, 0.717) is 44.1 Å². The Balaban J connectivity index is 1.32. The first kappa shape index (κ1) is 34.3. The number of nitrogens with zero attached hydrogens (tertiary/aromatic N) is 1. The number of ketones is 2. The van der Waals surface area contributed by atoms with Gasteiger partial charge < -0.3 is 20.3 Å². The van der Waals surface area contributed by atoms with Gasteiger partial charge in [0, 0.05) is 29.7 Å². The standard InChI is InChI=1S/C31H45FN2O10/c1-19-15-23-22-9-8-20-16-21(35)10-12-28(20,2)30(22,32)24(36)17-29(23,3)31(19,40)25(37)18-43-27(39)11-13-33-26(38)7-5-4-6-14-44-34(41)42/h10,12,16,19,22-24,36,40-42H,4-9,11,13-15,17-18H2,1-3H3,(H,33,38)/t19-,22-,23-,24-,28-,29-,30-,31-/m0/s1. The van der Waals surface area contributed by atoms with E-state index in [2.05, 4.69) is 10.2 Å². The third-order valence-corrected chi connectivity index (χ3v) is 10.9. The van der Waals surface area contributed by atoms with Gasteiger partial charge in [-0.15, -0.1) is 0 Å². The largest absolute Gasteiger partial charge is 0.457 e. The van der Waals surface area contributed by atoms with Crippen molar-refractivity contribution in [3.05, 3.63) is 23.8 Å². The second kappa shape index (κ2) is 13.1. The van der Waals surface area contributed by atoms with E-state index in [9.17, 15) is 29.4 Å². The van der Waals surface area contributed by atoms with Crippen LogP contribution in [-0.4, -0.2) is 86.6 Å². The van der Waals surface area contributed by atoms with E-state index in [1.54, 1.807) is 26.8 Å². The number of unbranched alkanes of at least 4 members (excludes halogenated alkanes) is 2. The van der Waals surface area contributed by atoms with Crippen molar-refractivity contribution in [2.75, 3.05) is 19.8 Å². The number of alkyl halides is 1. The maximum Gasteiger partial charge on any atom is 0.308 e. The van der Waals surface area contributed by atoms with Crippen molar-refractivity contribution in [1.29, 1.82) is 0 Å². The smallest absolute Gasteiger partial charge is 0.308 e. The lowest BCUT2D eigenvalue weighted by atomic mass is 9.44. The van der Waals surface area contributed by atoms with Crippen LogP contribution in [0.25, 0.3) is 0 Å². The molecular weight excluding hydrogens is 579 g/mol. The Labute approximate surface area is 256 Å². The van der Waals surface area contributed by atoms with Crippen molar-refractivity contribution in [2.24, 2.45) is 28.6 Å². The quantitative estimate of drug-likeness (QED) is 0.115. The molecule has 0 radical (unpaired) electrons. The number of nitrogens with one attached hydrogen (secondary N) is 1. The van der Waals surface area contributed by atoms with Crippen molar-refractivity contribution < 1.29 is 53.8 Å². The number of allylic oxidation sites excluding steroid dienone is 4. The molecule has 1 amide bonds. The number of aliphatic hydroxyl groups is 2. The Hall–Kier alpha value is -2.55. The number of halogens is 1. The number of hydrogen-bond acceptors (Lipinski definition) is 11. The van der Waals surface area contributed by atoms with Crippen molar-refractivity contribution in [2.45, 2.75) is 95.9 Å². The van der Waals surface area contributed by atoms with Crippen LogP contribution in [0.4, 0.5) is 4.39 Å². The molecule has 0 aromatic rings. The van der Waals surface area contributed by atoms with Crippen LogP contribution in [0.15, 0.2) is 23.8 Å². The fourth-order valence-corrected chi connectivity index (χ4v) is 8.57. The van der Waals surface area contributed by atoms with Crippen LogP contribution in [0, 0.1) is 28.6 Å². The van der Waals surface area contributed by atoms with Crippen molar-refractivity contribution >= 4 is 23.4 Å². The highest BCUT2D eigenvalue weighted by atomic mass is 19.1. The Morgan fingerprint density at radius 3 is 2.57 bits per heavy atom. The molecule has 0 aliphatic heterocycles. The lowest BCUT2D eigenvalue weighted by molar-refractivity contribution is -0.492. The number of amides is 1. The number of carbonyl (C=O) groups is 4. The minimum atomic E-state index is -2.08. The third-order valence-electron chi connectivity index (χ3n) is 10.9. The molecule has 0 heterocycles. The predicted octanol–water partition coefficient (Wildman–Crippen LogP) is 2.53. The van der Waals surface area contributed by atoms with E-state index in [4.69, 9.17) is 15.2 Å². The summed E-state index contributed by atoms with van der Waals surface area (Å²) in [5.74, 6) is -3.58. The molecule has 4 rings (SSSR count). The molecule has 8 atom stereocenters. The first-order chi connectivity index (χ1) is 20.6. The van der Waals surface area contributed by atoms with Crippen molar-refractivity contribution in [3.63, 3.8) is 0 Å². The number of ether oxygens (including phenoxy) is 1. The highest BCUT2D eigenvalue weighted by Crippen LogP contribution is 2.70. The molecule has 44 heavy (non-hydrogen) atoms. The molecule has 0 aromatic heterocycles. The summed E-state index contributed by atoms with van der Waals surface area (Å²) in [4.78, 5) is 54.4. The molecular formula is C31H45FN2O10. The predicted molar refractivity (Wildman–Crippen MR) is 151 cm³/mol. The fourth-order valence-electron chi connectivity index (χ4n) is 8.57. The zero-order valence-electron chi connectivity index (χ0n) is 25.6. The number of rotatable bonds is 13. The molecule has 246 valence electrons. The molecule has 3 fully saturated rings. The molecule has 0 aromatic carbocycles. The van der Waals surface area contributed by atoms with Crippen molar-refractivity contribution in [3.8, 4) is 0 Å². The van der Waals surface area contributed by atoms with Gasteiger partial charge in [0.25, 0.3) is 0 Å². The normalized spacial score (nSPS) is 37.6. The number of carbonyl (C=O) groups excluding carboxylic acids is 4. The van der Waals surface area contributed by atoms with Gasteiger partial charge in [-0.2, -0.15) is 0 Å². The van der Waals surface area contributed by atoms with E-state index in [-0.39, 0.29) is 49.5 Å². The van der Waals surface area contributed by atoms with E-state index >= 15 is 4.39 Å². The molecule has 0 spiro atoms. The van der Waals surface area contributed by atoms with Gasteiger partial charge in [-0.1, -0.05) is 31.9 Å². The van der Waals surface area contributed by atoms with Crippen LogP contribution < -0.4 is 5.32 Å². The van der Waals surface area contributed by atoms with Crippen LogP contribution >= 0.6 is 0 Å². The van der Waals surface area contributed by atoms with Gasteiger partial charge in [0.05, 0.1) is 24.5 Å². The molecule has 0 bridgehead atoms. The van der Waals surface area contributed by atoms with Crippen LogP contribution in [0.2, 0.25) is 0 Å². The second-order valence-corrected chi connectivity index (χ2v) is 13.2. The van der Waals surface area contributed by atoms with Crippen LogP contribution in [-0.2, 0) is 28.8 Å². The monoisotopic (exact) mass is 624 g/mol. The van der Waals surface area contributed by atoms with Gasteiger partial charge in [-0.3, -0.25) is 34.4 Å². The molecule has 3 saturated carbocycles. The first-order valence-corrected chi connectivity index (χ1v) is 15.4.